The third-order valence-corrected chi connectivity index (χ3v) is 3.94. The van der Waals surface area contributed by atoms with E-state index in [1.165, 1.54) is 12.3 Å². The number of aromatic nitrogens is 1. The van der Waals surface area contributed by atoms with Crippen LogP contribution in [0.3, 0.4) is 0 Å². The van der Waals surface area contributed by atoms with Crippen LogP contribution >= 0.6 is 11.6 Å². The number of nitrogens with one attached hydrogen (secondary N) is 1. The topological polar surface area (TPSA) is 94.3 Å². The van der Waals surface area contributed by atoms with E-state index in [1.807, 2.05) is 0 Å². The molecule has 0 saturated carbocycles. The lowest BCUT2D eigenvalue weighted by Crippen LogP contribution is -2.21. The average Bonchev–Trinajstić information content (AvgIpc) is 2.40. The Bertz CT molecular complexity index is 705. The molecule has 1 aromatic heterocycles. The molecule has 0 amide bonds. The minimum atomic E-state index is -3.55. The van der Waals surface area contributed by atoms with Crippen molar-refractivity contribution in [1.29, 1.82) is 0 Å². The van der Waals surface area contributed by atoms with Crippen LogP contribution < -0.4 is 15.2 Å². The van der Waals surface area contributed by atoms with E-state index in [-0.39, 0.29) is 18.2 Å². The van der Waals surface area contributed by atoms with Crippen molar-refractivity contribution in [2.45, 2.75) is 0 Å². The molecule has 0 saturated heterocycles. The minimum absolute atomic E-state index is 0.0137. The van der Waals surface area contributed by atoms with Gasteiger partial charge in [-0.1, -0.05) is 11.6 Å². The summed E-state index contributed by atoms with van der Waals surface area (Å²) >= 11 is 5.76. The molecule has 21 heavy (non-hydrogen) atoms. The Balaban J connectivity index is 1.88. The number of sulfonamides is 1. The molecule has 0 aliphatic rings. The van der Waals surface area contributed by atoms with Gasteiger partial charge in [0.05, 0.1) is 0 Å². The van der Waals surface area contributed by atoms with E-state index in [1.54, 1.807) is 30.3 Å². The Morgan fingerprint density at radius 1 is 1.24 bits per heavy atom. The highest BCUT2D eigenvalue weighted by atomic mass is 35.5. The van der Waals surface area contributed by atoms with Gasteiger partial charge in [-0.05, 0) is 30.3 Å². The number of anilines is 2. The van der Waals surface area contributed by atoms with Crippen LogP contribution in [-0.4, -0.2) is 25.8 Å². The summed E-state index contributed by atoms with van der Waals surface area (Å²) in [7, 11) is -3.55. The van der Waals surface area contributed by atoms with Gasteiger partial charge in [-0.25, -0.2) is 13.4 Å². The number of hydrogen-bond donors (Lipinski definition) is 2. The second-order valence-electron chi connectivity index (χ2n) is 4.20. The average molecular weight is 328 g/mol. The largest absolute Gasteiger partial charge is 0.492 e. The number of ether oxygens (including phenoxy) is 1. The van der Waals surface area contributed by atoms with Gasteiger partial charge in [-0.15, -0.1) is 0 Å². The molecule has 0 radical (unpaired) electrons. The minimum Gasteiger partial charge on any atom is -0.492 e. The second kappa shape index (κ2) is 6.64. The van der Waals surface area contributed by atoms with Gasteiger partial charge >= 0.3 is 0 Å². The van der Waals surface area contributed by atoms with Crippen LogP contribution in [0.2, 0.25) is 5.02 Å². The van der Waals surface area contributed by atoms with Gasteiger partial charge in [0.25, 0.3) is 0 Å². The van der Waals surface area contributed by atoms with Crippen molar-refractivity contribution in [1.82, 2.24) is 4.98 Å². The predicted octanol–water partition coefficient (Wildman–Crippen LogP) is 2.14. The van der Waals surface area contributed by atoms with E-state index in [4.69, 9.17) is 22.1 Å². The molecule has 0 spiro atoms. The molecule has 1 heterocycles. The molecule has 112 valence electrons. The molecule has 0 atom stereocenters. The van der Waals surface area contributed by atoms with Gasteiger partial charge in [-0.2, -0.15) is 0 Å². The summed E-state index contributed by atoms with van der Waals surface area (Å²) < 4.78 is 31.4. The predicted molar refractivity (Wildman–Crippen MR) is 83.0 cm³/mol. The fraction of sp³-hybridized carbons (Fsp3) is 0.154. The van der Waals surface area contributed by atoms with E-state index in [0.717, 1.165) is 0 Å². The Kier molecular flexibility index (Phi) is 4.87. The number of nitrogens with two attached hydrogens (primary N) is 1. The maximum atomic E-state index is 11.9. The standard InChI is InChI=1S/C13H14ClN3O3S/c14-10-5-6-16-13(9-10)17-21(18,19)8-7-20-12-3-1-11(15)2-4-12/h1-6,9H,7-8,15H2,(H,16,17). The van der Waals surface area contributed by atoms with E-state index in [0.29, 0.717) is 16.5 Å². The first-order chi connectivity index (χ1) is 9.94. The molecule has 0 bridgehead atoms. The second-order valence-corrected chi connectivity index (χ2v) is 6.48. The Morgan fingerprint density at radius 2 is 1.95 bits per heavy atom. The van der Waals surface area contributed by atoms with Crippen LogP contribution in [0.5, 0.6) is 5.75 Å². The molecule has 1 aromatic carbocycles. The Morgan fingerprint density at radius 3 is 2.62 bits per heavy atom. The number of hydrogen-bond acceptors (Lipinski definition) is 5. The van der Waals surface area contributed by atoms with Gasteiger partial charge in [0.2, 0.25) is 10.0 Å². The SMILES string of the molecule is Nc1ccc(OCCS(=O)(=O)Nc2cc(Cl)ccn2)cc1. The first-order valence-electron chi connectivity index (χ1n) is 6.05. The molecule has 6 nitrogen and oxygen atoms in total. The van der Waals surface area contributed by atoms with Crippen molar-refractivity contribution in [3.8, 4) is 5.75 Å². The van der Waals surface area contributed by atoms with Crippen LogP contribution in [0.25, 0.3) is 0 Å². The summed E-state index contributed by atoms with van der Waals surface area (Å²) in [6.45, 7) is 0.0137. The molecule has 0 unspecified atom stereocenters. The molecule has 0 aliphatic heterocycles. The number of rotatable bonds is 6. The number of halogens is 1. The van der Waals surface area contributed by atoms with Crippen LogP contribution in [0.1, 0.15) is 0 Å². The molecule has 0 aliphatic carbocycles. The molecule has 0 fully saturated rings. The molecule has 3 N–H and O–H groups in total. The molecule has 8 heteroatoms. The van der Waals surface area contributed by atoms with E-state index < -0.39 is 10.0 Å². The quantitative estimate of drug-likeness (QED) is 0.793. The lowest BCUT2D eigenvalue weighted by Gasteiger charge is -2.09. The first kappa shape index (κ1) is 15.4. The Hall–Kier alpha value is -1.99. The number of nitrogen functional groups attached to an aromatic ring is 1. The van der Waals surface area contributed by atoms with Crippen molar-refractivity contribution in [2.75, 3.05) is 22.8 Å². The molecule has 2 rings (SSSR count). The highest BCUT2D eigenvalue weighted by molar-refractivity contribution is 7.92. The van der Waals surface area contributed by atoms with Gasteiger partial charge < -0.3 is 10.5 Å². The van der Waals surface area contributed by atoms with Crippen LogP contribution in [-0.2, 0) is 10.0 Å². The fourth-order valence-electron chi connectivity index (χ4n) is 1.50. The summed E-state index contributed by atoms with van der Waals surface area (Å²) in [5.41, 5.74) is 6.16. The first-order valence-corrected chi connectivity index (χ1v) is 8.08. The highest BCUT2D eigenvalue weighted by Crippen LogP contribution is 2.14. The maximum Gasteiger partial charge on any atom is 0.237 e. The monoisotopic (exact) mass is 327 g/mol. The van der Waals surface area contributed by atoms with Gasteiger partial charge in [0.1, 0.15) is 23.9 Å². The van der Waals surface area contributed by atoms with Crippen LogP contribution in [0.4, 0.5) is 11.5 Å². The lowest BCUT2D eigenvalue weighted by atomic mass is 10.3. The summed E-state index contributed by atoms with van der Waals surface area (Å²) in [6, 6.07) is 9.70. The smallest absolute Gasteiger partial charge is 0.237 e. The zero-order chi connectivity index (χ0) is 15.3. The summed E-state index contributed by atoms with van der Waals surface area (Å²) in [5.74, 6) is 0.529. The molecular weight excluding hydrogens is 314 g/mol. The summed E-state index contributed by atoms with van der Waals surface area (Å²) in [4.78, 5) is 3.87. The third kappa shape index (κ3) is 5.13. The van der Waals surface area contributed by atoms with E-state index in [2.05, 4.69) is 9.71 Å². The van der Waals surface area contributed by atoms with Crippen molar-refractivity contribution >= 4 is 33.1 Å². The van der Waals surface area contributed by atoms with Crippen molar-refractivity contribution in [3.05, 3.63) is 47.6 Å². The van der Waals surface area contributed by atoms with Gasteiger partial charge in [0, 0.05) is 23.0 Å². The van der Waals surface area contributed by atoms with Gasteiger partial charge in [0.15, 0.2) is 0 Å². The van der Waals surface area contributed by atoms with Crippen LogP contribution in [0, 0.1) is 0 Å². The van der Waals surface area contributed by atoms with E-state index >= 15 is 0 Å². The normalized spacial score (nSPS) is 11.1. The lowest BCUT2D eigenvalue weighted by molar-refractivity contribution is 0.341. The number of pyridine rings is 1. The molecular formula is C13H14ClN3O3S. The highest BCUT2D eigenvalue weighted by Gasteiger charge is 2.11. The molecule has 2 aromatic rings. The number of benzene rings is 1. The zero-order valence-electron chi connectivity index (χ0n) is 11.0. The van der Waals surface area contributed by atoms with Crippen molar-refractivity contribution in [3.63, 3.8) is 0 Å². The number of nitrogens with zero attached hydrogens (tertiary/aromatic N) is 1. The Labute approximate surface area is 128 Å². The summed E-state index contributed by atoms with van der Waals surface area (Å²) in [5, 5.41) is 0.404. The van der Waals surface area contributed by atoms with Crippen LogP contribution in [0.15, 0.2) is 42.6 Å². The summed E-state index contributed by atoms with van der Waals surface area (Å²) in [6.07, 6.45) is 1.42. The maximum absolute atomic E-state index is 11.9. The zero-order valence-corrected chi connectivity index (χ0v) is 12.6. The van der Waals surface area contributed by atoms with Gasteiger partial charge in [-0.3, -0.25) is 4.72 Å². The third-order valence-electron chi connectivity index (χ3n) is 2.48. The van der Waals surface area contributed by atoms with Crippen molar-refractivity contribution < 1.29 is 13.2 Å². The fourth-order valence-corrected chi connectivity index (χ4v) is 2.50. The van der Waals surface area contributed by atoms with Crippen molar-refractivity contribution in [2.24, 2.45) is 0 Å². The van der Waals surface area contributed by atoms with E-state index in [9.17, 15) is 8.42 Å².